The molecule has 1 N–H and O–H groups in total. The van der Waals surface area contributed by atoms with E-state index in [2.05, 4.69) is 46.3 Å². The average molecular weight is 315 g/mol. The molecule has 0 radical (unpaired) electrons. The lowest BCUT2D eigenvalue weighted by molar-refractivity contribution is 0.377. The van der Waals surface area contributed by atoms with Gasteiger partial charge in [0, 0.05) is 31.9 Å². The molecule has 116 valence electrons. The molecule has 2 aromatic rings. The Labute approximate surface area is 136 Å². The van der Waals surface area contributed by atoms with Crippen molar-refractivity contribution in [2.24, 2.45) is 0 Å². The molecule has 3 rings (SSSR count). The summed E-state index contributed by atoms with van der Waals surface area (Å²) >= 11 is 5.48. The Kier molecular flexibility index (Phi) is 4.63. The zero-order valence-corrected chi connectivity index (χ0v) is 13.6. The number of nitrogens with zero attached hydrogens (tertiary/aromatic N) is 2. The van der Waals surface area contributed by atoms with E-state index in [1.165, 1.54) is 11.3 Å². The number of hydrogen-bond acceptors (Lipinski definition) is 3. The van der Waals surface area contributed by atoms with Crippen molar-refractivity contribution in [2.75, 3.05) is 31.1 Å². The van der Waals surface area contributed by atoms with E-state index in [0.29, 0.717) is 6.54 Å². The van der Waals surface area contributed by atoms with Gasteiger partial charge in [-0.25, -0.2) is 0 Å². The first-order valence-electron chi connectivity index (χ1n) is 7.59. The molecule has 1 aliphatic heterocycles. The molecule has 2 heterocycles. The lowest BCUT2D eigenvalue weighted by Crippen LogP contribution is -2.51. The standard InChI is InChI=1S/C17H21N3OS/c1-14-4-2-5-15(12-14)19-7-9-20(10-8-19)17(22)18-13-16-6-3-11-21-16/h2-6,11-12H,7-10,13H2,1H3,(H,18,22). The monoisotopic (exact) mass is 315 g/mol. The van der Waals surface area contributed by atoms with Crippen molar-refractivity contribution in [1.82, 2.24) is 10.2 Å². The highest BCUT2D eigenvalue weighted by Gasteiger charge is 2.19. The Balaban J connectivity index is 1.49. The van der Waals surface area contributed by atoms with Gasteiger partial charge in [-0.2, -0.15) is 0 Å². The van der Waals surface area contributed by atoms with Gasteiger partial charge < -0.3 is 19.5 Å². The van der Waals surface area contributed by atoms with Crippen molar-refractivity contribution in [3.05, 3.63) is 54.0 Å². The maximum Gasteiger partial charge on any atom is 0.169 e. The molecule has 22 heavy (non-hydrogen) atoms. The number of hydrogen-bond donors (Lipinski definition) is 1. The van der Waals surface area contributed by atoms with Crippen LogP contribution in [0.1, 0.15) is 11.3 Å². The molecule has 0 amide bonds. The summed E-state index contributed by atoms with van der Waals surface area (Å²) in [6, 6.07) is 12.5. The average Bonchev–Trinajstić information content (AvgIpc) is 3.06. The Morgan fingerprint density at radius 3 is 2.68 bits per heavy atom. The number of piperazine rings is 1. The SMILES string of the molecule is Cc1cccc(N2CCN(C(=S)NCc3ccco3)CC2)c1. The minimum Gasteiger partial charge on any atom is -0.467 e. The van der Waals surface area contributed by atoms with Gasteiger partial charge in [0.25, 0.3) is 0 Å². The molecular weight excluding hydrogens is 294 g/mol. The van der Waals surface area contributed by atoms with Gasteiger partial charge in [-0.3, -0.25) is 0 Å². The second kappa shape index (κ2) is 6.83. The predicted octanol–water partition coefficient (Wildman–Crippen LogP) is 2.78. The summed E-state index contributed by atoms with van der Waals surface area (Å²) in [6.45, 7) is 6.64. The molecular formula is C17H21N3OS. The van der Waals surface area contributed by atoms with E-state index >= 15 is 0 Å². The normalized spacial score (nSPS) is 15.0. The fourth-order valence-electron chi connectivity index (χ4n) is 2.68. The van der Waals surface area contributed by atoms with Crippen molar-refractivity contribution in [1.29, 1.82) is 0 Å². The smallest absolute Gasteiger partial charge is 0.169 e. The number of aryl methyl sites for hydroxylation is 1. The van der Waals surface area contributed by atoms with Crippen LogP contribution in [0, 0.1) is 6.92 Å². The lowest BCUT2D eigenvalue weighted by Gasteiger charge is -2.37. The van der Waals surface area contributed by atoms with Crippen LogP contribution < -0.4 is 10.2 Å². The van der Waals surface area contributed by atoms with Crippen LogP contribution in [0.15, 0.2) is 47.1 Å². The molecule has 1 fully saturated rings. The van der Waals surface area contributed by atoms with Crippen molar-refractivity contribution in [2.45, 2.75) is 13.5 Å². The van der Waals surface area contributed by atoms with E-state index in [1.54, 1.807) is 6.26 Å². The zero-order valence-electron chi connectivity index (χ0n) is 12.8. The number of benzene rings is 1. The molecule has 0 atom stereocenters. The van der Waals surface area contributed by atoms with Gasteiger partial charge in [-0.1, -0.05) is 12.1 Å². The second-order valence-electron chi connectivity index (χ2n) is 5.55. The summed E-state index contributed by atoms with van der Waals surface area (Å²) < 4.78 is 5.31. The van der Waals surface area contributed by atoms with E-state index in [4.69, 9.17) is 16.6 Å². The Hall–Kier alpha value is -2.01. The topological polar surface area (TPSA) is 31.6 Å². The minimum absolute atomic E-state index is 0.643. The molecule has 1 aromatic carbocycles. The van der Waals surface area contributed by atoms with E-state index in [1.807, 2.05) is 12.1 Å². The fourth-order valence-corrected chi connectivity index (χ4v) is 2.93. The van der Waals surface area contributed by atoms with Crippen LogP contribution in [0.2, 0.25) is 0 Å². The van der Waals surface area contributed by atoms with Crippen molar-refractivity contribution in [3.8, 4) is 0 Å². The summed E-state index contributed by atoms with van der Waals surface area (Å²) in [5, 5.41) is 4.07. The van der Waals surface area contributed by atoms with Crippen LogP contribution >= 0.6 is 12.2 Å². The highest BCUT2D eigenvalue weighted by atomic mass is 32.1. The molecule has 5 heteroatoms. The molecule has 1 aromatic heterocycles. The first-order chi connectivity index (χ1) is 10.7. The molecule has 1 aliphatic rings. The summed E-state index contributed by atoms with van der Waals surface area (Å²) in [7, 11) is 0. The van der Waals surface area contributed by atoms with Gasteiger partial charge in [-0.15, -0.1) is 0 Å². The Morgan fingerprint density at radius 2 is 2.00 bits per heavy atom. The van der Waals surface area contributed by atoms with Crippen LogP contribution in [-0.2, 0) is 6.54 Å². The van der Waals surface area contributed by atoms with Gasteiger partial charge in [0.1, 0.15) is 5.76 Å². The molecule has 0 saturated carbocycles. The van der Waals surface area contributed by atoms with Crippen molar-refractivity contribution < 1.29 is 4.42 Å². The minimum atomic E-state index is 0.643. The molecule has 1 saturated heterocycles. The number of rotatable bonds is 3. The van der Waals surface area contributed by atoms with E-state index < -0.39 is 0 Å². The molecule has 0 bridgehead atoms. The molecule has 0 spiro atoms. The van der Waals surface area contributed by atoms with Gasteiger partial charge in [-0.05, 0) is 49.0 Å². The van der Waals surface area contributed by atoms with Crippen LogP contribution in [0.5, 0.6) is 0 Å². The van der Waals surface area contributed by atoms with E-state index in [9.17, 15) is 0 Å². The van der Waals surface area contributed by atoms with Gasteiger partial charge in [0.15, 0.2) is 5.11 Å². The van der Waals surface area contributed by atoms with Crippen LogP contribution in [0.25, 0.3) is 0 Å². The van der Waals surface area contributed by atoms with E-state index in [-0.39, 0.29) is 0 Å². The highest BCUT2D eigenvalue weighted by molar-refractivity contribution is 7.80. The number of thiocarbonyl (C=S) groups is 1. The summed E-state index contributed by atoms with van der Waals surface area (Å²) in [6.07, 6.45) is 1.68. The number of furan rings is 1. The highest BCUT2D eigenvalue weighted by Crippen LogP contribution is 2.17. The third kappa shape index (κ3) is 3.60. The zero-order chi connectivity index (χ0) is 15.4. The summed E-state index contributed by atoms with van der Waals surface area (Å²) in [4.78, 5) is 4.64. The van der Waals surface area contributed by atoms with Crippen molar-refractivity contribution in [3.63, 3.8) is 0 Å². The van der Waals surface area contributed by atoms with Gasteiger partial charge >= 0.3 is 0 Å². The maximum absolute atomic E-state index is 5.48. The third-order valence-corrected chi connectivity index (χ3v) is 4.33. The van der Waals surface area contributed by atoms with Crippen LogP contribution in [0.3, 0.4) is 0 Å². The molecule has 0 unspecified atom stereocenters. The quantitative estimate of drug-likeness (QED) is 0.881. The second-order valence-corrected chi connectivity index (χ2v) is 5.94. The first kappa shape index (κ1) is 14.9. The maximum atomic E-state index is 5.48. The summed E-state index contributed by atoms with van der Waals surface area (Å²) in [5.74, 6) is 0.903. The summed E-state index contributed by atoms with van der Waals surface area (Å²) in [5.41, 5.74) is 2.60. The Bertz CT molecular complexity index is 619. The van der Waals surface area contributed by atoms with Crippen LogP contribution in [-0.4, -0.2) is 36.2 Å². The first-order valence-corrected chi connectivity index (χ1v) is 8.00. The number of nitrogens with one attached hydrogen (secondary N) is 1. The van der Waals surface area contributed by atoms with Crippen LogP contribution in [0.4, 0.5) is 5.69 Å². The predicted molar refractivity (Wildman–Crippen MR) is 93.1 cm³/mol. The largest absolute Gasteiger partial charge is 0.467 e. The Morgan fingerprint density at radius 1 is 1.18 bits per heavy atom. The van der Waals surface area contributed by atoms with Gasteiger partial charge in [0.2, 0.25) is 0 Å². The van der Waals surface area contributed by atoms with E-state index in [0.717, 1.165) is 37.1 Å². The molecule has 0 aliphatic carbocycles. The van der Waals surface area contributed by atoms with Crippen molar-refractivity contribution >= 4 is 23.0 Å². The number of anilines is 1. The molecule has 4 nitrogen and oxygen atoms in total. The van der Waals surface area contributed by atoms with Gasteiger partial charge in [0.05, 0.1) is 12.8 Å². The fraction of sp³-hybridized carbons (Fsp3) is 0.353. The lowest BCUT2D eigenvalue weighted by atomic mass is 10.2. The third-order valence-electron chi connectivity index (χ3n) is 3.93.